The van der Waals surface area contributed by atoms with Gasteiger partial charge in [-0.3, -0.25) is 9.67 Å². The molecule has 1 atom stereocenters. The predicted octanol–water partition coefficient (Wildman–Crippen LogP) is 7.04. The number of fused-ring (bicyclic) bond motifs is 1. The molecule has 0 saturated carbocycles. The van der Waals surface area contributed by atoms with E-state index in [0.717, 1.165) is 40.7 Å². The molecule has 0 spiro atoms. The highest BCUT2D eigenvalue weighted by molar-refractivity contribution is 5.93. The molecule has 0 radical (unpaired) electrons. The van der Waals surface area contributed by atoms with E-state index in [4.69, 9.17) is 9.84 Å². The van der Waals surface area contributed by atoms with Gasteiger partial charge in [-0.2, -0.15) is 18.3 Å². The van der Waals surface area contributed by atoms with Crippen molar-refractivity contribution in [3.63, 3.8) is 0 Å². The van der Waals surface area contributed by atoms with Crippen LogP contribution in [0.4, 0.5) is 29.3 Å². The summed E-state index contributed by atoms with van der Waals surface area (Å²) in [5, 5.41) is 8.82. The van der Waals surface area contributed by atoms with Gasteiger partial charge in [-0.15, -0.1) is 0 Å². The molecule has 4 aromatic rings. The Labute approximate surface area is 218 Å². The lowest BCUT2D eigenvalue weighted by atomic mass is 10.1. The van der Waals surface area contributed by atoms with Crippen LogP contribution >= 0.6 is 0 Å². The Hall–Kier alpha value is -4.08. The van der Waals surface area contributed by atoms with Gasteiger partial charge < -0.3 is 15.0 Å². The van der Waals surface area contributed by atoms with Crippen LogP contribution in [0.1, 0.15) is 38.8 Å². The summed E-state index contributed by atoms with van der Waals surface area (Å²) < 4.78 is 46.6. The zero-order valence-corrected chi connectivity index (χ0v) is 21.3. The summed E-state index contributed by atoms with van der Waals surface area (Å²) in [6.45, 7) is 6.61. The zero-order valence-electron chi connectivity index (χ0n) is 21.3. The molecule has 0 aliphatic carbocycles. The number of anilines is 2. The van der Waals surface area contributed by atoms with Gasteiger partial charge in [0.15, 0.2) is 0 Å². The highest BCUT2D eigenvalue weighted by Crippen LogP contribution is 2.34. The van der Waals surface area contributed by atoms with E-state index in [1.807, 2.05) is 43.7 Å². The number of nitrogens with zero attached hydrogens (tertiary/aromatic N) is 4. The van der Waals surface area contributed by atoms with Crippen molar-refractivity contribution < 1.29 is 22.7 Å². The van der Waals surface area contributed by atoms with E-state index in [1.54, 1.807) is 35.5 Å². The van der Waals surface area contributed by atoms with Gasteiger partial charge in [0.25, 0.3) is 0 Å². The summed E-state index contributed by atoms with van der Waals surface area (Å²) in [5.74, 6) is 0. The number of carbonyl (C=O) groups excluding carboxylic acids is 1. The number of nitrogens with one attached hydrogen (secondary N) is 1. The maximum Gasteiger partial charge on any atom is 0.416 e. The fraction of sp³-hybridized carbons (Fsp3) is 0.321. The quantitative estimate of drug-likeness (QED) is 0.311. The summed E-state index contributed by atoms with van der Waals surface area (Å²) in [4.78, 5) is 18.5. The van der Waals surface area contributed by atoms with Crippen molar-refractivity contribution in [2.75, 3.05) is 18.4 Å². The lowest BCUT2D eigenvalue weighted by Gasteiger charge is -2.24. The van der Waals surface area contributed by atoms with E-state index in [0.29, 0.717) is 24.5 Å². The second-order valence-corrected chi connectivity index (χ2v) is 10.3. The Morgan fingerprint density at radius 2 is 1.82 bits per heavy atom. The zero-order chi connectivity index (χ0) is 27.1. The van der Waals surface area contributed by atoms with Crippen LogP contribution < -0.4 is 5.32 Å². The number of alkyl halides is 3. The number of ether oxygens (including phenoxy) is 1. The molecule has 3 heterocycles. The molecule has 1 saturated heterocycles. The number of pyridine rings is 1. The number of benzene rings is 2. The van der Waals surface area contributed by atoms with E-state index in [1.165, 1.54) is 6.07 Å². The molecule has 2 aromatic heterocycles. The van der Waals surface area contributed by atoms with Gasteiger partial charge in [-0.25, -0.2) is 4.79 Å². The normalized spacial score (nSPS) is 16.2. The number of halogens is 3. The maximum atomic E-state index is 13.0. The molecule has 1 unspecified atom stereocenters. The number of amides is 1. The Morgan fingerprint density at radius 1 is 1.05 bits per heavy atom. The van der Waals surface area contributed by atoms with Crippen molar-refractivity contribution in [2.24, 2.45) is 0 Å². The minimum absolute atomic E-state index is 0.0111. The lowest BCUT2D eigenvalue weighted by Crippen LogP contribution is -2.35. The molecular weight excluding hydrogens is 495 g/mol. The fourth-order valence-electron chi connectivity index (χ4n) is 4.56. The molecule has 7 nitrogen and oxygen atoms in total. The van der Waals surface area contributed by atoms with E-state index in [-0.39, 0.29) is 12.1 Å². The van der Waals surface area contributed by atoms with Crippen molar-refractivity contribution >= 4 is 28.4 Å². The highest BCUT2D eigenvalue weighted by Gasteiger charge is 2.32. The molecule has 38 heavy (non-hydrogen) atoms. The van der Waals surface area contributed by atoms with Crippen molar-refractivity contribution in [3.8, 4) is 11.3 Å². The second-order valence-electron chi connectivity index (χ2n) is 10.3. The first kappa shape index (κ1) is 25.6. The first-order valence-corrected chi connectivity index (χ1v) is 12.3. The van der Waals surface area contributed by atoms with Crippen LogP contribution in [0.3, 0.4) is 0 Å². The Kier molecular flexibility index (Phi) is 6.50. The van der Waals surface area contributed by atoms with E-state index in [2.05, 4.69) is 10.3 Å². The molecule has 1 amide bonds. The third-order valence-corrected chi connectivity index (χ3v) is 6.31. The van der Waals surface area contributed by atoms with Gasteiger partial charge in [0, 0.05) is 47.8 Å². The lowest BCUT2D eigenvalue weighted by molar-refractivity contribution is -0.137. The molecular formula is C28H28F3N5O2. The first-order valence-electron chi connectivity index (χ1n) is 12.3. The van der Waals surface area contributed by atoms with Gasteiger partial charge in [-0.05, 0) is 63.6 Å². The van der Waals surface area contributed by atoms with Gasteiger partial charge in [0.05, 0.1) is 17.1 Å². The summed E-state index contributed by atoms with van der Waals surface area (Å²) in [6.07, 6.45) is -0.505. The molecule has 5 rings (SSSR count). The third-order valence-electron chi connectivity index (χ3n) is 6.31. The van der Waals surface area contributed by atoms with Crippen LogP contribution in [-0.4, -0.2) is 44.4 Å². The molecule has 10 heteroatoms. The van der Waals surface area contributed by atoms with E-state index in [9.17, 15) is 18.0 Å². The number of hydrogen-bond donors (Lipinski definition) is 1. The van der Waals surface area contributed by atoms with Gasteiger partial charge in [0.2, 0.25) is 0 Å². The molecule has 0 bridgehead atoms. The molecule has 1 N–H and O–H groups in total. The SMILES string of the molecule is CC(C)(C)OC(=O)N1CCC(n2nc(-c3ccc(Nc4cccc(C(F)(F)F)c4)cc3)c3cnccc32)C1. The van der Waals surface area contributed by atoms with Crippen LogP contribution in [-0.2, 0) is 10.9 Å². The predicted molar refractivity (Wildman–Crippen MR) is 139 cm³/mol. The average molecular weight is 524 g/mol. The standard InChI is InChI=1S/C28H28F3N5O2/c1-27(2,3)38-26(37)35-14-12-22(17-35)36-24-11-13-32-16-23(24)25(34-36)18-7-9-20(10-8-18)33-21-6-4-5-19(15-21)28(29,30)31/h4-11,13,15-16,22,33H,12,14,17H2,1-3H3. The van der Waals surface area contributed by atoms with Crippen LogP contribution in [0.25, 0.3) is 22.2 Å². The monoisotopic (exact) mass is 523 g/mol. The smallest absolute Gasteiger partial charge is 0.416 e. The van der Waals surface area contributed by atoms with Crippen LogP contribution in [0.2, 0.25) is 0 Å². The molecule has 2 aromatic carbocycles. The Bertz CT molecular complexity index is 1460. The summed E-state index contributed by atoms with van der Waals surface area (Å²) >= 11 is 0. The van der Waals surface area contributed by atoms with Crippen molar-refractivity contribution in [2.45, 2.75) is 45.0 Å². The maximum absolute atomic E-state index is 13.0. The number of hydrogen-bond acceptors (Lipinski definition) is 5. The first-order chi connectivity index (χ1) is 18.0. The molecule has 198 valence electrons. The Morgan fingerprint density at radius 3 is 2.53 bits per heavy atom. The molecule has 1 aliphatic rings. The van der Waals surface area contributed by atoms with Gasteiger partial charge in [-0.1, -0.05) is 18.2 Å². The van der Waals surface area contributed by atoms with Crippen LogP contribution in [0, 0.1) is 0 Å². The van der Waals surface area contributed by atoms with Crippen molar-refractivity contribution in [3.05, 3.63) is 72.6 Å². The number of carbonyl (C=O) groups is 1. The average Bonchev–Trinajstić information content (AvgIpc) is 3.49. The number of likely N-dealkylation sites (tertiary alicyclic amines) is 1. The number of aromatic nitrogens is 3. The van der Waals surface area contributed by atoms with E-state index < -0.39 is 17.3 Å². The highest BCUT2D eigenvalue weighted by atomic mass is 19.4. The van der Waals surface area contributed by atoms with Crippen molar-refractivity contribution in [1.82, 2.24) is 19.7 Å². The second kappa shape index (κ2) is 9.66. The summed E-state index contributed by atoms with van der Waals surface area (Å²) in [7, 11) is 0. The van der Waals surface area contributed by atoms with Crippen LogP contribution in [0.5, 0.6) is 0 Å². The third kappa shape index (κ3) is 5.44. The largest absolute Gasteiger partial charge is 0.444 e. The van der Waals surface area contributed by atoms with E-state index >= 15 is 0 Å². The van der Waals surface area contributed by atoms with Gasteiger partial charge in [0.1, 0.15) is 11.3 Å². The summed E-state index contributed by atoms with van der Waals surface area (Å²) in [6, 6.07) is 14.3. The Balaban J connectivity index is 1.38. The summed E-state index contributed by atoms with van der Waals surface area (Å²) in [5.41, 5.74) is 2.24. The molecule has 1 aliphatic heterocycles. The van der Waals surface area contributed by atoms with Crippen LogP contribution in [0.15, 0.2) is 67.0 Å². The fourth-order valence-corrected chi connectivity index (χ4v) is 4.56. The number of rotatable bonds is 4. The van der Waals surface area contributed by atoms with Gasteiger partial charge >= 0.3 is 12.3 Å². The van der Waals surface area contributed by atoms with Crippen molar-refractivity contribution in [1.29, 1.82) is 0 Å². The topological polar surface area (TPSA) is 72.3 Å². The minimum Gasteiger partial charge on any atom is -0.444 e. The molecule has 1 fully saturated rings. The minimum atomic E-state index is -4.40.